The maximum Gasteiger partial charge on any atom is 0.251 e. The van der Waals surface area contributed by atoms with Crippen LogP contribution in [0.4, 0.5) is 0 Å². The number of hydrogen-bond donors (Lipinski definition) is 2. The van der Waals surface area contributed by atoms with Crippen LogP contribution >= 0.6 is 0 Å². The van der Waals surface area contributed by atoms with Crippen molar-refractivity contribution in [3.8, 4) is 0 Å². The van der Waals surface area contributed by atoms with Crippen LogP contribution in [0.2, 0.25) is 0 Å². The van der Waals surface area contributed by atoms with Gasteiger partial charge in [-0.15, -0.1) is 10.2 Å². The molecule has 3 heterocycles. The number of aryl methyl sites for hydroxylation is 1. The molecular weight excluding hydrogens is 382 g/mol. The third-order valence-electron chi connectivity index (χ3n) is 5.40. The number of carbonyl (C=O) groups excluding carboxylic acids is 1. The second-order valence-electron chi connectivity index (χ2n) is 7.61. The van der Waals surface area contributed by atoms with E-state index in [4.69, 9.17) is 9.52 Å². The van der Waals surface area contributed by atoms with Crippen LogP contribution < -0.4 is 5.32 Å². The van der Waals surface area contributed by atoms with Gasteiger partial charge in [0.1, 0.15) is 29.8 Å². The fourth-order valence-corrected chi connectivity index (χ4v) is 3.68. The Morgan fingerprint density at radius 3 is 2.67 bits per heavy atom. The summed E-state index contributed by atoms with van der Waals surface area (Å²) in [5.41, 5.74) is 1.80. The molecule has 0 radical (unpaired) electrons. The molecular formula is C22H27N5O3. The Balaban J connectivity index is 1.30. The molecule has 0 aliphatic carbocycles. The van der Waals surface area contributed by atoms with E-state index in [2.05, 4.69) is 25.0 Å². The molecule has 8 heteroatoms. The Morgan fingerprint density at radius 2 is 1.90 bits per heavy atom. The van der Waals surface area contributed by atoms with E-state index in [1.807, 2.05) is 43.3 Å². The van der Waals surface area contributed by atoms with Crippen molar-refractivity contribution in [1.82, 2.24) is 25.0 Å². The summed E-state index contributed by atoms with van der Waals surface area (Å²) in [4.78, 5) is 14.6. The zero-order valence-electron chi connectivity index (χ0n) is 17.2. The van der Waals surface area contributed by atoms with Crippen LogP contribution in [0.3, 0.4) is 0 Å². The molecule has 1 aliphatic heterocycles. The first-order valence-corrected chi connectivity index (χ1v) is 10.3. The van der Waals surface area contributed by atoms with Gasteiger partial charge in [-0.2, -0.15) is 0 Å². The van der Waals surface area contributed by atoms with Gasteiger partial charge >= 0.3 is 0 Å². The molecule has 1 aromatic carbocycles. The van der Waals surface area contributed by atoms with Gasteiger partial charge in [-0.25, -0.2) is 0 Å². The van der Waals surface area contributed by atoms with Crippen molar-refractivity contribution < 1.29 is 14.3 Å². The number of aromatic nitrogens is 3. The van der Waals surface area contributed by atoms with Crippen LogP contribution in [-0.4, -0.2) is 50.3 Å². The molecule has 8 nitrogen and oxygen atoms in total. The minimum absolute atomic E-state index is 0.0718. The number of carbonyl (C=O) groups is 1. The third-order valence-corrected chi connectivity index (χ3v) is 5.40. The van der Waals surface area contributed by atoms with Gasteiger partial charge in [0, 0.05) is 44.6 Å². The number of furan rings is 1. The normalized spacial score (nSPS) is 14.3. The Bertz CT molecular complexity index is 993. The molecule has 2 N–H and O–H groups in total. The molecule has 0 bridgehead atoms. The predicted octanol–water partition coefficient (Wildman–Crippen LogP) is 1.70. The highest BCUT2D eigenvalue weighted by atomic mass is 16.4. The van der Waals surface area contributed by atoms with Gasteiger partial charge in [-0.3, -0.25) is 9.69 Å². The predicted molar refractivity (Wildman–Crippen MR) is 111 cm³/mol. The van der Waals surface area contributed by atoms with Gasteiger partial charge in [0.15, 0.2) is 0 Å². The van der Waals surface area contributed by atoms with E-state index < -0.39 is 0 Å². The summed E-state index contributed by atoms with van der Waals surface area (Å²) in [7, 11) is 0. The summed E-state index contributed by atoms with van der Waals surface area (Å²) in [5.74, 6) is 3.25. The minimum Gasteiger partial charge on any atom is -0.462 e. The van der Waals surface area contributed by atoms with Crippen LogP contribution in [0.25, 0.3) is 0 Å². The summed E-state index contributed by atoms with van der Waals surface area (Å²) in [6.07, 6.45) is 1.46. The van der Waals surface area contributed by atoms with Crippen LogP contribution in [0.1, 0.15) is 39.1 Å². The molecule has 0 spiro atoms. The highest BCUT2D eigenvalue weighted by Crippen LogP contribution is 2.15. The SMILES string of the molecule is Cc1ccc(C(=O)NCCc2nnc3n2CCN(Cc2ccc(CO)o2)CC3)cc1. The molecule has 0 atom stereocenters. The highest BCUT2D eigenvalue weighted by molar-refractivity contribution is 5.94. The van der Waals surface area contributed by atoms with E-state index in [-0.39, 0.29) is 12.5 Å². The lowest BCUT2D eigenvalue weighted by Crippen LogP contribution is -2.28. The number of aliphatic hydroxyl groups excluding tert-OH is 1. The lowest BCUT2D eigenvalue weighted by molar-refractivity contribution is 0.0954. The van der Waals surface area contributed by atoms with E-state index in [9.17, 15) is 4.79 Å². The first-order valence-electron chi connectivity index (χ1n) is 10.3. The molecule has 30 heavy (non-hydrogen) atoms. The third kappa shape index (κ3) is 4.77. The smallest absolute Gasteiger partial charge is 0.251 e. The molecule has 1 aliphatic rings. The van der Waals surface area contributed by atoms with E-state index >= 15 is 0 Å². The zero-order valence-corrected chi connectivity index (χ0v) is 17.2. The maximum atomic E-state index is 12.3. The van der Waals surface area contributed by atoms with Gasteiger partial charge in [-0.1, -0.05) is 17.7 Å². The molecule has 2 aromatic heterocycles. The van der Waals surface area contributed by atoms with Crippen LogP contribution in [0.5, 0.6) is 0 Å². The molecule has 3 aromatic rings. The summed E-state index contributed by atoms with van der Waals surface area (Å²) >= 11 is 0. The fraction of sp³-hybridized carbons (Fsp3) is 0.409. The van der Waals surface area contributed by atoms with Crippen molar-refractivity contribution in [2.75, 3.05) is 19.6 Å². The van der Waals surface area contributed by atoms with E-state index in [1.165, 1.54) is 0 Å². The maximum absolute atomic E-state index is 12.3. The van der Waals surface area contributed by atoms with Crippen molar-refractivity contribution in [2.45, 2.75) is 39.5 Å². The summed E-state index contributed by atoms with van der Waals surface area (Å²) < 4.78 is 7.78. The van der Waals surface area contributed by atoms with Crippen LogP contribution in [0.15, 0.2) is 40.8 Å². The quantitative estimate of drug-likeness (QED) is 0.617. The topological polar surface area (TPSA) is 96.4 Å². The Hall–Kier alpha value is -2.97. The zero-order chi connectivity index (χ0) is 20.9. The van der Waals surface area contributed by atoms with Gasteiger partial charge in [0.05, 0.1) is 6.54 Å². The molecule has 0 unspecified atom stereocenters. The molecule has 0 saturated heterocycles. The highest BCUT2D eigenvalue weighted by Gasteiger charge is 2.19. The summed E-state index contributed by atoms with van der Waals surface area (Å²) in [6, 6.07) is 11.3. The first kappa shape index (κ1) is 20.3. The number of rotatable bonds is 7. The molecule has 158 valence electrons. The molecule has 4 rings (SSSR count). The lowest BCUT2D eigenvalue weighted by atomic mass is 10.1. The van der Waals surface area contributed by atoms with E-state index in [0.717, 1.165) is 49.0 Å². The lowest BCUT2D eigenvalue weighted by Gasteiger charge is -2.18. The van der Waals surface area contributed by atoms with E-state index in [0.29, 0.717) is 30.8 Å². The minimum atomic E-state index is -0.0785. The van der Waals surface area contributed by atoms with Crippen molar-refractivity contribution in [3.63, 3.8) is 0 Å². The van der Waals surface area contributed by atoms with Crippen LogP contribution in [0, 0.1) is 6.92 Å². The average molecular weight is 409 g/mol. The van der Waals surface area contributed by atoms with Crippen LogP contribution in [-0.2, 0) is 32.5 Å². The largest absolute Gasteiger partial charge is 0.462 e. The number of amides is 1. The number of fused-ring (bicyclic) bond motifs is 1. The fourth-order valence-electron chi connectivity index (χ4n) is 3.68. The first-order chi connectivity index (χ1) is 14.6. The van der Waals surface area contributed by atoms with Gasteiger partial charge in [0.25, 0.3) is 5.91 Å². The Kier molecular flexibility index (Phi) is 6.25. The molecule has 0 fully saturated rings. The van der Waals surface area contributed by atoms with Gasteiger partial charge < -0.3 is 19.4 Å². The van der Waals surface area contributed by atoms with Crippen molar-refractivity contribution in [2.24, 2.45) is 0 Å². The summed E-state index contributed by atoms with van der Waals surface area (Å²) in [6.45, 7) is 5.69. The monoisotopic (exact) mass is 409 g/mol. The second kappa shape index (κ2) is 9.23. The number of hydrogen-bond acceptors (Lipinski definition) is 6. The van der Waals surface area contributed by atoms with Crippen molar-refractivity contribution in [1.29, 1.82) is 0 Å². The number of nitrogens with zero attached hydrogens (tertiary/aromatic N) is 4. The average Bonchev–Trinajstić information content (AvgIpc) is 3.31. The standard InChI is InChI=1S/C22H27N5O3/c1-16-2-4-17(5-3-16)22(29)23-10-8-20-24-25-21-9-11-26(12-13-27(20)21)14-18-6-7-19(15-28)30-18/h2-7,28H,8-15H2,1H3,(H,23,29). The number of nitrogens with one attached hydrogen (secondary N) is 1. The molecule has 0 saturated carbocycles. The molecule has 1 amide bonds. The number of benzene rings is 1. The van der Waals surface area contributed by atoms with Gasteiger partial charge in [0.2, 0.25) is 0 Å². The van der Waals surface area contributed by atoms with E-state index in [1.54, 1.807) is 0 Å². The Labute approximate surface area is 175 Å². The number of aliphatic hydroxyl groups is 1. The van der Waals surface area contributed by atoms with Gasteiger partial charge in [-0.05, 0) is 31.2 Å². The summed E-state index contributed by atoms with van der Waals surface area (Å²) in [5, 5.41) is 20.8. The second-order valence-corrected chi connectivity index (χ2v) is 7.61. The Morgan fingerprint density at radius 1 is 1.10 bits per heavy atom. The van der Waals surface area contributed by atoms with Crippen molar-refractivity contribution in [3.05, 3.63) is 70.7 Å². The van der Waals surface area contributed by atoms with Crippen molar-refractivity contribution >= 4 is 5.91 Å².